The minimum atomic E-state index is -4.08. The fourth-order valence-electron chi connectivity index (χ4n) is 4.96. The van der Waals surface area contributed by atoms with Crippen LogP contribution in [-0.4, -0.2) is 25.0 Å². The number of sulfonamides is 1. The number of benzene rings is 3. The molecule has 176 valence electrons. The predicted octanol–water partition coefficient (Wildman–Crippen LogP) is 5.03. The molecule has 5 rings (SSSR count). The Morgan fingerprint density at radius 2 is 1.82 bits per heavy atom. The van der Waals surface area contributed by atoms with Crippen LogP contribution >= 0.6 is 23.2 Å². The molecule has 0 aromatic heterocycles. The van der Waals surface area contributed by atoms with Gasteiger partial charge >= 0.3 is 5.97 Å². The zero-order chi connectivity index (χ0) is 24.1. The average molecular weight is 518 g/mol. The van der Waals surface area contributed by atoms with Crippen LogP contribution in [0.2, 0.25) is 10.0 Å². The van der Waals surface area contributed by atoms with Crippen LogP contribution in [0, 0.1) is 5.92 Å². The van der Waals surface area contributed by atoms with E-state index in [0.717, 1.165) is 23.1 Å². The molecule has 3 atom stereocenters. The summed E-state index contributed by atoms with van der Waals surface area (Å²) in [7, 11) is -4.08. The molecule has 3 unspecified atom stereocenters. The molecule has 1 fully saturated rings. The second-order valence-electron chi connectivity index (χ2n) is 8.60. The summed E-state index contributed by atoms with van der Waals surface area (Å²) in [4.78, 5) is 12.3. The molecular formula is C25H21Cl2NO5S. The Morgan fingerprint density at radius 1 is 1.09 bits per heavy atom. The number of ether oxygens (including phenoxy) is 1. The SMILES string of the molecule is O=C(O)C1(NS(=O)(=O)c2ccc(OCc3ccc(Cl)cc3Cl)cc2)C2CCc3ccccc3C21. The molecule has 1 saturated carbocycles. The summed E-state index contributed by atoms with van der Waals surface area (Å²) in [5.41, 5.74) is 1.19. The molecule has 34 heavy (non-hydrogen) atoms. The molecule has 3 aromatic rings. The average Bonchev–Trinajstić information content (AvgIpc) is 3.47. The number of hydrogen-bond acceptors (Lipinski definition) is 4. The van der Waals surface area contributed by atoms with Crippen LogP contribution in [0.5, 0.6) is 5.75 Å². The van der Waals surface area contributed by atoms with Gasteiger partial charge in [0.05, 0.1) is 4.90 Å². The molecule has 9 heteroatoms. The maximum Gasteiger partial charge on any atom is 0.325 e. The fourth-order valence-corrected chi connectivity index (χ4v) is 6.85. The smallest absolute Gasteiger partial charge is 0.325 e. The summed E-state index contributed by atoms with van der Waals surface area (Å²) in [5.74, 6) is -1.35. The molecular weight excluding hydrogens is 497 g/mol. The molecule has 0 amide bonds. The van der Waals surface area contributed by atoms with E-state index in [9.17, 15) is 18.3 Å². The van der Waals surface area contributed by atoms with Crippen LogP contribution in [0.4, 0.5) is 0 Å². The number of nitrogens with one attached hydrogen (secondary N) is 1. The third-order valence-corrected chi connectivity index (χ3v) is 8.77. The summed E-state index contributed by atoms with van der Waals surface area (Å²) in [6, 6.07) is 18.6. The van der Waals surface area contributed by atoms with Gasteiger partial charge in [-0.2, -0.15) is 4.72 Å². The molecule has 6 nitrogen and oxygen atoms in total. The van der Waals surface area contributed by atoms with Crippen molar-refractivity contribution in [2.75, 3.05) is 0 Å². The highest BCUT2D eigenvalue weighted by molar-refractivity contribution is 7.89. The first-order chi connectivity index (χ1) is 16.2. The summed E-state index contributed by atoms with van der Waals surface area (Å²) in [6.07, 6.45) is 1.36. The van der Waals surface area contributed by atoms with Gasteiger partial charge in [-0.3, -0.25) is 4.79 Å². The Morgan fingerprint density at radius 3 is 2.53 bits per heavy atom. The minimum Gasteiger partial charge on any atom is -0.489 e. The second kappa shape index (κ2) is 8.57. The van der Waals surface area contributed by atoms with Gasteiger partial charge < -0.3 is 9.84 Å². The molecule has 0 spiro atoms. The van der Waals surface area contributed by atoms with Crippen molar-refractivity contribution in [2.45, 2.75) is 35.8 Å². The minimum absolute atomic E-state index is 0.0260. The first-order valence-electron chi connectivity index (χ1n) is 10.7. The van der Waals surface area contributed by atoms with E-state index in [1.54, 1.807) is 18.2 Å². The van der Waals surface area contributed by atoms with Crippen molar-refractivity contribution >= 4 is 39.2 Å². The quantitative estimate of drug-likeness (QED) is 0.458. The second-order valence-corrected chi connectivity index (χ2v) is 11.1. The standard InChI is InChI=1S/C25H21Cl2NO5S/c26-17-7-5-16(22(27)13-17)14-33-18-8-10-19(11-9-18)34(31,32)28-25(24(29)30)21-12-6-15-3-1-2-4-20(15)23(21)25/h1-5,7-11,13,21,23,28H,6,12,14H2,(H,29,30). The first-order valence-corrected chi connectivity index (χ1v) is 13.0. The number of aryl methyl sites for hydroxylation is 1. The lowest BCUT2D eigenvalue weighted by molar-refractivity contribution is -0.140. The van der Waals surface area contributed by atoms with E-state index in [1.165, 1.54) is 24.3 Å². The van der Waals surface area contributed by atoms with Crippen LogP contribution in [0.15, 0.2) is 71.6 Å². The van der Waals surface area contributed by atoms with Crippen molar-refractivity contribution in [2.24, 2.45) is 5.92 Å². The number of halogens is 2. The van der Waals surface area contributed by atoms with Crippen molar-refractivity contribution in [3.63, 3.8) is 0 Å². The summed E-state index contributed by atoms with van der Waals surface area (Å²) in [5, 5.41) is 11.1. The van der Waals surface area contributed by atoms with Gasteiger partial charge in [0.1, 0.15) is 17.9 Å². The van der Waals surface area contributed by atoms with Gasteiger partial charge in [0.2, 0.25) is 10.0 Å². The van der Waals surface area contributed by atoms with Crippen LogP contribution in [0.25, 0.3) is 0 Å². The zero-order valence-electron chi connectivity index (χ0n) is 17.9. The molecule has 0 radical (unpaired) electrons. The third-order valence-electron chi connectivity index (χ3n) is 6.68. The van der Waals surface area contributed by atoms with Gasteiger partial charge in [0.15, 0.2) is 0 Å². The lowest BCUT2D eigenvalue weighted by Crippen LogP contribution is -2.45. The van der Waals surface area contributed by atoms with Crippen molar-refractivity contribution in [1.29, 1.82) is 0 Å². The number of carbonyl (C=O) groups is 1. The maximum atomic E-state index is 13.2. The van der Waals surface area contributed by atoms with Gasteiger partial charge in [-0.1, -0.05) is 53.5 Å². The van der Waals surface area contributed by atoms with E-state index in [4.69, 9.17) is 27.9 Å². The first kappa shape index (κ1) is 23.2. The molecule has 0 aliphatic heterocycles. The fraction of sp³-hybridized carbons (Fsp3) is 0.240. The van der Waals surface area contributed by atoms with E-state index < -0.39 is 21.5 Å². The highest BCUT2D eigenvalue weighted by Gasteiger charge is 2.73. The summed E-state index contributed by atoms with van der Waals surface area (Å²) >= 11 is 12.1. The van der Waals surface area contributed by atoms with E-state index in [0.29, 0.717) is 22.2 Å². The normalized spacial score (nSPS) is 23.0. The third kappa shape index (κ3) is 3.96. The number of carboxylic acids is 1. The molecule has 0 saturated heterocycles. The summed E-state index contributed by atoms with van der Waals surface area (Å²) in [6.45, 7) is 0.186. The topological polar surface area (TPSA) is 92.7 Å². The zero-order valence-corrected chi connectivity index (χ0v) is 20.2. The van der Waals surface area contributed by atoms with Crippen LogP contribution in [0.1, 0.15) is 29.0 Å². The van der Waals surface area contributed by atoms with E-state index in [1.807, 2.05) is 24.3 Å². The number of hydrogen-bond donors (Lipinski definition) is 2. The maximum absolute atomic E-state index is 13.2. The highest BCUT2D eigenvalue weighted by atomic mass is 35.5. The lowest BCUT2D eigenvalue weighted by Gasteiger charge is -2.16. The molecule has 0 heterocycles. The number of rotatable bonds is 7. The van der Waals surface area contributed by atoms with Gasteiger partial charge in [-0.15, -0.1) is 0 Å². The van der Waals surface area contributed by atoms with Crippen molar-refractivity contribution < 1.29 is 23.1 Å². The number of aliphatic carboxylic acids is 1. The largest absolute Gasteiger partial charge is 0.489 e. The van der Waals surface area contributed by atoms with Gasteiger partial charge in [-0.05, 0) is 66.3 Å². The molecule has 0 bridgehead atoms. The van der Waals surface area contributed by atoms with E-state index in [-0.39, 0.29) is 23.3 Å². The van der Waals surface area contributed by atoms with Crippen molar-refractivity contribution in [3.8, 4) is 5.75 Å². The Kier molecular flexibility index (Phi) is 5.84. The monoisotopic (exact) mass is 517 g/mol. The van der Waals surface area contributed by atoms with Crippen LogP contribution in [0.3, 0.4) is 0 Å². The van der Waals surface area contributed by atoms with Crippen molar-refractivity contribution in [3.05, 3.63) is 93.5 Å². The lowest BCUT2D eigenvalue weighted by atomic mass is 9.92. The van der Waals surface area contributed by atoms with E-state index in [2.05, 4.69) is 4.72 Å². The van der Waals surface area contributed by atoms with Crippen molar-refractivity contribution in [1.82, 2.24) is 4.72 Å². The van der Waals surface area contributed by atoms with Crippen LogP contribution < -0.4 is 9.46 Å². The molecule has 2 aliphatic carbocycles. The number of fused-ring (bicyclic) bond motifs is 3. The Balaban J connectivity index is 1.33. The molecule has 3 aromatic carbocycles. The predicted molar refractivity (Wildman–Crippen MR) is 129 cm³/mol. The Labute approximate surface area is 207 Å². The molecule has 2 aliphatic rings. The van der Waals surface area contributed by atoms with Gasteiger partial charge in [-0.25, -0.2) is 8.42 Å². The number of carboxylic acid groups (broad SMARTS) is 1. The van der Waals surface area contributed by atoms with Gasteiger partial charge in [0.25, 0.3) is 0 Å². The Hall–Kier alpha value is -2.58. The van der Waals surface area contributed by atoms with Gasteiger partial charge in [0, 0.05) is 21.5 Å². The Bertz CT molecular complexity index is 1380. The van der Waals surface area contributed by atoms with Crippen LogP contribution in [-0.2, 0) is 27.8 Å². The molecule has 2 N–H and O–H groups in total. The summed E-state index contributed by atoms with van der Waals surface area (Å²) < 4.78 is 34.6. The van der Waals surface area contributed by atoms with E-state index >= 15 is 0 Å². The highest BCUT2D eigenvalue weighted by Crippen LogP contribution is 2.63.